The second-order valence-corrected chi connectivity index (χ2v) is 10.3. The number of nitrogens with zero attached hydrogens (tertiary/aromatic N) is 2. The van der Waals surface area contributed by atoms with E-state index in [0.717, 1.165) is 25.6 Å². The number of rotatable bonds is 9. The molecule has 1 aliphatic rings. The van der Waals surface area contributed by atoms with Gasteiger partial charge in [0.1, 0.15) is 4.21 Å². The van der Waals surface area contributed by atoms with Crippen LogP contribution in [0.2, 0.25) is 0 Å². The zero-order valence-electron chi connectivity index (χ0n) is 16.6. The smallest absolute Gasteiger partial charge is 0.250 e. The van der Waals surface area contributed by atoms with Gasteiger partial charge in [0, 0.05) is 25.2 Å². The SMILES string of the molecule is CCNC(=NCC(C)(C)N1CCCCC1)NCCNS(=O)(=O)c1cccs1. The number of likely N-dealkylation sites (tertiary alicyclic amines) is 1. The Labute approximate surface area is 167 Å². The molecule has 0 amide bonds. The first kappa shape index (κ1) is 22.1. The fourth-order valence-corrected chi connectivity index (χ4v) is 5.14. The van der Waals surface area contributed by atoms with Crippen LogP contribution in [0.5, 0.6) is 0 Å². The first-order chi connectivity index (χ1) is 12.8. The molecule has 154 valence electrons. The summed E-state index contributed by atoms with van der Waals surface area (Å²) in [6.07, 6.45) is 3.84. The van der Waals surface area contributed by atoms with Crippen molar-refractivity contribution < 1.29 is 8.42 Å². The average molecular weight is 416 g/mol. The van der Waals surface area contributed by atoms with Crippen molar-refractivity contribution in [1.29, 1.82) is 0 Å². The van der Waals surface area contributed by atoms with Gasteiger partial charge in [0.15, 0.2) is 5.96 Å². The molecule has 0 atom stereocenters. The van der Waals surface area contributed by atoms with Crippen molar-refractivity contribution in [3.63, 3.8) is 0 Å². The summed E-state index contributed by atoms with van der Waals surface area (Å²) in [6.45, 7) is 11.0. The number of aliphatic imine (C=N–C) groups is 1. The lowest BCUT2D eigenvalue weighted by atomic mass is 9.99. The molecule has 0 bridgehead atoms. The van der Waals surface area contributed by atoms with Crippen LogP contribution in [-0.4, -0.2) is 64.1 Å². The Morgan fingerprint density at radius 1 is 1.22 bits per heavy atom. The van der Waals surface area contributed by atoms with Gasteiger partial charge >= 0.3 is 0 Å². The monoisotopic (exact) mass is 415 g/mol. The first-order valence-electron chi connectivity index (χ1n) is 9.65. The Kier molecular flexibility index (Phi) is 8.53. The highest BCUT2D eigenvalue weighted by atomic mass is 32.2. The molecule has 3 N–H and O–H groups in total. The minimum absolute atomic E-state index is 0.0174. The summed E-state index contributed by atoms with van der Waals surface area (Å²) in [5, 5.41) is 8.20. The van der Waals surface area contributed by atoms with E-state index < -0.39 is 10.0 Å². The van der Waals surface area contributed by atoms with Crippen LogP contribution in [0.4, 0.5) is 0 Å². The minimum atomic E-state index is -3.42. The summed E-state index contributed by atoms with van der Waals surface area (Å²) in [5.74, 6) is 0.720. The molecule has 27 heavy (non-hydrogen) atoms. The maximum Gasteiger partial charge on any atom is 0.250 e. The third-order valence-corrected chi connectivity index (χ3v) is 7.51. The normalized spacial score (nSPS) is 17.1. The van der Waals surface area contributed by atoms with Gasteiger partial charge in [-0.05, 0) is 58.1 Å². The van der Waals surface area contributed by atoms with E-state index in [-0.39, 0.29) is 5.54 Å². The second kappa shape index (κ2) is 10.4. The Balaban J connectivity index is 1.82. The van der Waals surface area contributed by atoms with Crippen LogP contribution in [0.1, 0.15) is 40.0 Å². The van der Waals surface area contributed by atoms with E-state index in [2.05, 4.69) is 34.1 Å². The van der Waals surface area contributed by atoms with Gasteiger partial charge in [0.05, 0.1) is 6.54 Å². The molecular weight excluding hydrogens is 382 g/mol. The fraction of sp³-hybridized carbons (Fsp3) is 0.722. The molecule has 2 heterocycles. The summed E-state index contributed by atoms with van der Waals surface area (Å²) in [5.41, 5.74) is 0.0174. The fourth-order valence-electron chi connectivity index (χ4n) is 3.07. The van der Waals surface area contributed by atoms with Crippen LogP contribution in [0.3, 0.4) is 0 Å². The molecular formula is C18H33N5O2S2. The summed E-state index contributed by atoms with van der Waals surface area (Å²) >= 11 is 1.22. The number of piperidine rings is 1. The van der Waals surface area contributed by atoms with Crippen molar-refractivity contribution in [2.45, 2.75) is 49.8 Å². The zero-order valence-corrected chi connectivity index (χ0v) is 18.3. The summed E-state index contributed by atoms with van der Waals surface area (Å²) in [6, 6.07) is 3.34. The number of nitrogens with one attached hydrogen (secondary N) is 3. The maximum atomic E-state index is 12.1. The van der Waals surface area contributed by atoms with E-state index in [1.54, 1.807) is 17.5 Å². The molecule has 0 unspecified atom stereocenters. The van der Waals surface area contributed by atoms with Gasteiger partial charge in [-0.15, -0.1) is 11.3 Å². The van der Waals surface area contributed by atoms with Crippen molar-refractivity contribution in [3.8, 4) is 0 Å². The second-order valence-electron chi connectivity index (χ2n) is 7.31. The molecule has 0 aliphatic carbocycles. The van der Waals surface area contributed by atoms with E-state index in [4.69, 9.17) is 4.99 Å². The van der Waals surface area contributed by atoms with Gasteiger partial charge in [0.25, 0.3) is 0 Å². The van der Waals surface area contributed by atoms with Crippen LogP contribution >= 0.6 is 11.3 Å². The predicted octanol–water partition coefficient (Wildman–Crippen LogP) is 1.85. The number of sulfonamides is 1. The van der Waals surface area contributed by atoms with E-state index in [9.17, 15) is 8.42 Å². The van der Waals surface area contributed by atoms with Gasteiger partial charge in [-0.3, -0.25) is 9.89 Å². The highest BCUT2D eigenvalue weighted by Crippen LogP contribution is 2.20. The highest BCUT2D eigenvalue weighted by molar-refractivity contribution is 7.91. The van der Waals surface area contributed by atoms with Crippen LogP contribution < -0.4 is 15.4 Å². The number of hydrogen-bond donors (Lipinski definition) is 3. The zero-order chi connectivity index (χ0) is 19.8. The molecule has 0 saturated carbocycles. The standard InChI is InChI=1S/C18H33N5O2S2/c1-4-19-17(21-15-18(2,3)23-12-6-5-7-13-23)20-10-11-22-27(24,25)16-9-8-14-26-16/h8-9,14,22H,4-7,10-13,15H2,1-3H3,(H2,19,20,21). The van der Waals surface area contributed by atoms with Crippen LogP contribution in [0, 0.1) is 0 Å². The number of thiophene rings is 1. The molecule has 2 rings (SSSR count). The molecule has 1 aromatic rings. The third kappa shape index (κ3) is 7.06. The van der Waals surface area contributed by atoms with Crippen molar-refractivity contribution >= 4 is 27.3 Å². The predicted molar refractivity (Wildman–Crippen MR) is 113 cm³/mol. The van der Waals surface area contributed by atoms with E-state index >= 15 is 0 Å². The van der Waals surface area contributed by atoms with Crippen molar-refractivity contribution in [3.05, 3.63) is 17.5 Å². The quantitative estimate of drug-likeness (QED) is 0.326. The lowest BCUT2D eigenvalue weighted by Crippen LogP contribution is -2.50. The third-order valence-electron chi connectivity index (χ3n) is 4.65. The molecule has 1 fully saturated rings. The molecule has 1 aromatic heterocycles. The Hall–Kier alpha value is -1.16. The Bertz CT molecular complexity index is 681. The molecule has 0 spiro atoms. The van der Waals surface area contributed by atoms with Crippen molar-refractivity contribution in [2.75, 3.05) is 39.3 Å². The number of hydrogen-bond acceptors (Lipinski definition) is 5. The summed E-state index contributed by atoms with van der Waals surface area (Å²) in [7, 11) is -3.42. The lowest BCUT2D eigenvalue weighted by Gasteiger charge is -2.40. The largest absolute Gasteiger partial charge is 0.357 e. The van der Waals surface area contributed by atoms with Crippen LogP contribution in [0.25, 0.3) is 0 Å². The van der Waals surface area contributed by atoms with Gasteiger partial charge in [-0.1, -0.05) is 12.5 Å². The Morgan fingerprint density at radius 3 is 2.59 bits per heavy atom. The van der Waals surface area contributed by atoms with E-state index in [1.165, 1.54) is 30.6 Å². The number of guanidine groups is 1. The van der Waals surface area contributed by atoms with Crippen LogP contribution in [-0.2, 0) is 10.0 Å². The minimum Gasteiger partial charge on any atom is -0.357 e. The average Bonchev–Trinajstić information content (AvgIpc) is 3.20. The molecule has 7 nitrogen and oxygen atoms in total. The van der Waals surface area contributed by atoms with Gasteiger partial charge in [-0.25, -0.2) is 13.1 Å². The molecule has 1 aliphatic heterocycles. The van der Waals surface area contributed by atoms with E-state index in [0.29, 0.717) is 23.8 Å². The molecule has 0 radical (unpaired) electrons. The lowest BCUT2D eigenvalue weighted by molar-refractivity contribution is 0.102. The summed E-state index contributed by atoms with van der Waals surface area (Å²) in [4.78, 5) is 7.23. The van der Waals surface area contributed by atoms with E-state index in [1.807, 2.05) is 6.92 Å². The highest BCUT2D eigenvalue weighted by Gasteiger charge is 2.27. The summed E-state index contributed by atoms with van der Waals surface area (Å²) < 4.78 is 27.2. The molecule has 0 aromatic carbocycles. The molecule has 1 saturated heterocycles. The Morgan fingerprint density at radius 2 is 1.96 bits per heavy atom. The topological polar surface area (TPSA) is 85.8 Å². The van der Waals surface area contributed by atoms with Gasteiger partial charge in [0.2, 0.25) is 10.0 Å². The van der Waals surface area contributed by atoms with Gasteiger partial charge < -0.3 is 10.6 Å². The molecule has 9 heteroatoms. The van der Waals surface area contributed by atoms with Crippen LogP contribution in [0.15, 0.2) is 26.7 Å². The van der Waals surface area contributed by atoms with Gasteiger partial charge in [-0.2, -0.15) is 0 Å². The van der Waals surface area contributed by atoms with Crippen molar-refractivity contribution in [1.82, 2.24) is 20.3 Å². The first-order valence-corrected chi connectivity index (χ1v) is 12.0. The van der Waals surface area contributed by atoms with Crippen molar-refractivity contribution in [2.24, 2.45) is 4.99 Å². The maximum absolute atomic E-state index is 12.1.